The van der Waals surface area contributed by atoms with Crippen LogP contribution in [0.3, 0.4) is 0 Å². The van der Waals surface area contributed by atoms with Gasteiger partial charge in [-0.05, 0) is 37.5 Å². The van der Waals surface area contributed by atoms with Gasteiger partial charge >= 0.3 is 0 Å². The maximum absolute atomic E-state index is 12.7. The Bertz CT molecular complexity index is 755. The number of hydrogen-bond acceptors (Lipinski definition) is 3. The lowest BCUT2D eigenvalue weighted by Gasteiger charge is -2.17. The third-order valence-corrected chi connectivity index (χ3v) is 4.35. The Balaban J connectivity index is 1.64. The normalized spacial score (nSPS) is 14.4. The molecule has 2 N–H and O–H groups in total. The lowest BCUT2D eigenvalue weighted by atomic mass is 10.0. The standard InChI is InChI=1S/C20H22N2O3/c1-2-25-17-11-7-6-10-16(17)22-19(24)20(12-13-20)18(23)21-14-15-8-4-3-5-9-15/h3-11H,2,12-14H2,1H3,(H,21,23)(H,22,24). The fraction of sp³-hybridized carbons (Fsp3) is 0.300. The molecule has 1 aliphatic rings. The highest BCUT2D eigenvalue weighted by Crippen LogP contribution is 2.47. The van der Waals surface area contributed by atoms with Crippen LogP contribution in [0.15, 0.2) is 54.6 Å². The molecule has 1 saturated carbocycles. The van der Waals surface area contributed by atoms with Gasteiger partial charge in [-0.1, -0.05) is 42.5 Å². The van der Waals surface area contributed by atoms with Gasteiger partial charge in [0.2, 0.25) is 11.8 Å². The highest BCUT2D eigenvalue weighted by Gasteiger charge is 2.56. The SMILES string of the molecule is CCOc1ccccc1NC(=O)C1(C(=O)NCc2ccccc2)CC1. The Morgan fingerprint density at radius 3 is 2.36 bits per heavy atom. The summed E-state index contributed by atoms with van der Waals surface area (Å²) in [6, 6.07) is 16.9. The number of hydrogen-bond donors (Lipinski definition) is 2. The van der Waals surface area contributed by atoms with Crippen molar-refractivity contribution in [3.05, 3.63) is 60.2 Å². The lowest BCUT2D eigenvalue weighted by Crippen LogP contribution is -2.39. The van der Waals surface area contributed by atoms with Gasteiger partial charge in [0.25, 0.3) is 0 Å². The molecule has 0 bridgehead atoms. The number of amides is 2. The third kappa shape index (κ3) is 3.82. The second-order valence-electron chi connectivity index (χ2n) is 6.13. The molecule has 0 saturated heterocycles. The maximum atomic E-state index is 12.7. The first kappa shape index (κ1) is 17.0. The van der Waals surface area contributed by atoms with Crippen LogP contribution in [0, 0.1) is 5.41 Å². The molecule has 0 atom stereocenters. The van der Waals surface area contributed by atoms with Gasteiger partial charge in [0.15, 0.2) is 0 Å². The number of carbonyl (C=O) groups is 2. The number of carbonyl (C=O) groups excluding carboxylic acids is 2. The van der Waals surface area contributed by atoms with E-state index in [4.69, 9.17) is 4.74 Å². The average Bonchev–Trinajstić information content (AvgIpc) is 3.44. The molecule has 5 heteroatoms. The van der Waals surface area contributed by atoms with Gasteiger partial charge in [-0.3, -0.25) is 9.59 Å². The van der Waals surface area contributed by atoms with Crippen molar-refractivity contribution in [2.75, 3.05) is 11.9 Å². The topological polar surface area (TPSA) is 67.4 Å². The van der Waals surface area contributed by atoms with Crippen molar-refractivity contribution < 1.29 is 14.3 Å². The number of anilines is 1. The van der Waals surface area contributed by atoms with Crippen LogP contribution in [-0.2, 0) is 16.1 Å². The summed E-state index contributed by atoms with van der Waals surface area (Å²) < 4.78 is 5.52. The molecule has 2 aromatic carbocycles. The van der Waals surface area contributed by atoms with Gasteiger partial charge < -0.3 is 15.4 Å². The summed E-state index contributed by atoms with van der Waals surface area (Å²) in [5.74, 6) is 0.117. The molecule has 5 nitrogen and oxygen atoms in total. The zero-order chi connectivity index (χ0) is 17.7. The Kier molecular flexibility index (Phi) is 5.03. The predicted octanol–water partition coefficient (Wildman–Crippen LogP) is 3.12. The van der Waals surface area contributed by atoms with E-state index in [1.807, 2.05) is 49.4 Å². The van der Waals surface area contributed by atoms with Crippen LogP contribution in [-0.4, -0.2) is 18.4 Å². The summed E-state index contributed by atoms with van der Waals surface area (Å²) >= 11 is 0. The highest BCUT2D eigenvalue weighted by atomic mass is 16.5. The number of ether oxygens (including phenoxy) is 1. The second kappa shape index (κ2) is 7.38. The van der Waals surface area contributed by atoms with Crippen molar-refractivity contribution in [3.63, 3.8) is 0 Å². The van der Waals surface area contributed by atoms with E-state index < -0.39 is 5.41 Å². The first-order valence-corrected chi connectivity index (χ1v) is 8.51. The molecule has 2 aromatic rings. The van der Waals surface area contributed by atoms with E-state index in [1.165, 1.54) is 0 Å². The predicted molar refractivity (Wildman–Crippen MR) is 96.2 cm³/mol. The summed E-state index contributed by atoms with van der Waals surface area (Å²) in [4.78, 5) is 25.2. The monoisotopic (exact) mass is 338 g/mol. The fourth-order valence-corrected chi connectivity index (χ4v) is 2.72. The van der Waals surface area contributed by atoms with E-state index in [0.29, 0.717) is 37.4 Å². The number of benzene rings is 2. The molecule has 0 spiro atoms. The number of rotatable bonds is 7. The molecular formula is C20H22N2O3. The van der Waals surface area contributed by atoms with Crippen LogP contribution in [0.5, 0.6) is 5.75 Å². The number of nitrogens with one attached hydrogen (secondary N) is 2. The van der Waals surface area contributed by atoms with Crippen molar-refractivity contribution in [3.8, 4) is 5.75 Å². The van der Waals surface area contributed by atoms with Crippen LogP contribution in [0.1, 0.15) is 25.3 Å². The highest BCUT2D eigenvalue weighted by molar-refractivity contribution is 6.13. The Morgan fingerprint density at radius 2 is 1.68 bits per heavy atom. The summed E-state index contributed by atoms with van der Waals surface area (Å²) in [6.45, 7) is 2.82. The second-order valence-corrected chi connectivity index (χ2v) is 6.13. The fourth-order valence-electron chi connectivity index (χ4n) is 2.72. The van der Waals surface area contributed by atoms with E-state index in [9.17, 15) is 9.59 Å². The molecule has 0 radical (unpaired) electrons. The Hall–Kier alpha value is -2.82. The largest absolute Gasteiger partial charge is 0.492 e. The molecule has 0 heterocycles. The minimum absolute atomic E-state index is 0.220. The van der Waals surface area contributed by atoms with Crippen molar-refractivity contribution in [2.24, 2.45) is 5.41 Å². The van der Waals surface area contributed by atoms with Crippen LogP contribution < -0.4 is 15.4 Å². The molecule has 0 unspecified atom stereocenters. The summed E-state index contributed by atoms with van der Waals surface area (Å²) in [7, 11) is 0. The van der Waals surface area contributed by atoms with Gasteiger partial charge in [0, 0.05) is 6.54 Å². The van der Waals surface area contributed by atoms with E-state index in [2.05, 4.69) is 10.6 Å². The average molecular weight is 338 g/mol. The molecule has 0 aromatic heterocycles. The molecular weight excluding hydrogens is 316 g/mol. The molecule has 1 fully saturated rings. The van der Waals surface area contributed by atoms with Crippen molar-refractivity contribution in [2.45, 2.75) is 26.3 Å². The van der Waals surface area contributed by atoms with Gasteiger partial charge in [-0.2, -0.15) is 0 Å². The zero-order valence-corrected chi connectivity index (χ0v) is 14.2. The minimum atomic E-state index is -0.964. The third-order valence-electron chi connectivity index (χ3n) is 4.35. The minimum Gasteiger partial charge on any atom is -0.492 e. The molecule has 3 rings (SSSR count). The Morgan fingerprint density at radius 1 is 1.00 bits per heavy atom. The van der Waals surface area contributed by atoms with E-state index in [-0.39, 0.29) is 11.8 Å². The van der Waals surface area contributed by atoms with Gasteiger partial charge in [-0.15, -0.1) is 0 Å². The van der Waals surface area contributed by atoms with Crippen molar-refractivity contribution in [1.29, 1.82) is 0 Å². The molecule has 0 aliphatic heterocycles. The van der Waals surface area contributed by atoms with Crippen molar-refractivity contribution in [1.82, 2.24) is 5.32 Å². The van der Waals surface area contributed by atoms with Crippen LogP contribution >= 0.6 is 0 Å². The molecule has 25 heavy (non-hydrogen) atoms. The molecule has 2 amide bonds. The smallest absolute Gasteiger partial charge is 0.240 e. The van der Waals surface area contributed by atoms with Gasteiger partial charge in [-0.25, -0.2) is 0 Å². The summed E-state index contributed by atoms with van der Waals surface area (Å²) in [6.07, 6.45) is 1.13. The van der Waals surface area contributed by atoms with Crippen LogP contribution in [0.25, 0.3) is 0 Å². The maximum Gasteiger partial charge on any atom is 0.240 e. The molecule has 130 valence electrons. The summed E-state index contributed by atoms with van der Waals surface area (Å²) in [5, 5.41) is 5.73. The van der Waals surface area contributed by atoms with Crippen LogP contribution in [0.2, 0.25) is 0 Å². The van der Waals surface area contributed by atoms with E-state index >= 15 is 0 Å². The Labute approximate surface area is 147 Å². The number of para-hydroxylation sites is 2. The first-order chi connectivity index (χ1) is 12.2. The first-order valence-electron chi connectivity index (χ1n) is 8.51. The van der Waals surface area contributed by atoms with Crippen LogP contribution in [0.4, 0.5) is 5.69 Å². The van der Waals surface area contributed by atoms with Gasteiger partial charge in [0.1, 0.15) is 11.2 Å². The van der Waals surface area contributed by atoms with E-state index in [1.54, 1.807) is 12.1 Å². The van der Waals surface area contributed by atoms with Crippen molar-refractivity contribution >= 4 is 17.5 Å². The zero-order valence-electron chi connectivity index (χ0n) is 14.2. The summed E-state index contributed by atoms with van der Waals surface area (Å²) in [5.41, 5.74) is 0.638. The molecule has 1 aliphatic carbocycles. The lowest BCUT2D eigenvalue weighted by molar-refractivity contribution is -0.134. The quantitative estimate of drug-likeness (QED) is 0.762. The van der Waals surface area contributed by atoms with E-state index in [0.717, 1.165) is 5.56 Å². The van der Waals surface area contributed by atoms with Gasteiger partial charge in [0.05, 0.1) is 12.3 Å².